The lowest BCUT2D eigenvalue weighted by atomic mass is 9.78. The largest absolute Gasteiger partial charge is 0.335 e. The molecule has 2 aromatic rings. The zero-order chi connectivity index (χ0) is 18.6. The Labute approximate surface area is 148 Å². The van der Waals surface area contributed by atoms with Crippen LogP contribution in [0.25, 0.3) is 0 Å². The van der Waals surface area contributed by atoms with Crippen LogP contribution in [0, 0.1) is 13.8 Å². The zero-order valence-electron chi connectivity index (χ0n) is 15.6. The van der Waals surface area contributed by atoms with Crippen molar-refractivity contribution in [2.45, 2.75) is 52.6 Å². The van der Waals surface area contributed by atoms with Gasteiger partial charge in [-0.3, -0.25) is 4.79 Å². The van der Waals surface area contributed by atoms with Crippen LogP contribution in [0.2, 0.25) is 0 Å². The third-order valence-electron chi connectivity index (χ3n) is 4.87. The number of carbonyl (C=O) groups is 1. The van der Waals surface area contributed by atoms with Crippen LogP contribution in [0.5, 0.6) is 0 Å². The van der Waals surface area contributed by atoms with Crippen LogP contribution in [-0.4, -0.2) is 17.1 Å². The Hall–Kier alpha value is -2.56. The SMILES string of the molecule is Cc1cc(C)c(CNC(=O)N[C@H](C)C(C)(C)c2ccccc2)c(=O)[nH]1. The lowest BCUT2D eigenvalue weighted by molar-refractivity contribution is 0.231. The van der Waals surface area contributed by atoms with Crippen molar-refractivity contribution in [2.75, 3.05) is 0 Å². The Kier molecular flexibility index (Phi) is 5.67. The molecule has 0 saturated carbocycles. The van der Waals surface area contributed by atoms with Crippen molar-refractivity contribution < 1.29 is 4.79 Å². The van der Waals surface area contributed by atoms with E-state index in [-0.39, 0.29) is 29.6 Å². The molecule has 1 atom stereocenters. The summed E-state index contributed by atoms with van der Waals surface area (Å²) in [4.78, 5) is 27.0. The van der Waals surface area contributed by atoms with Gasteiger partial charge in [0.05, 0.1) is 6.54 Å². The van der Waals surface area contributed by atoms with Crippen LogP contribution in [0.4, 0.5) is 4.79 Å². The Morgan fingerprint density at radius 1 is 1.20 bits per heavy atom. The van der Waals surface area contributed by atoms with Crippen LogP contribution in [0.3, 0.4) is 0 Å². The third kappa shape index (κ3) is 4.50. The summed E-state index contributed by atoms with van der Waals surface area (Å²) in [7, 11) is 0. The standard InChI is InChI=1S/C20H27N3O2/c1-13-11-14(2)22-18(24)17(13)12-21-19(25)23-15(3)20(4,5)16-9-7-6-8-10-16/h6-11,15H,12H2,1-5H3,(H,22,24)(H2,21,23,25)/t15-/m1/s1. The average molecular weight is 341 g/mol. The number of pyridine rings is 1. The van der Waals surface area contributed by atoms with Crippen molar-refractivity contribution in [2.24, 2.45) is 0 Å². The minimum absolute atomic E-state index is 0.0766. The highest BCUT2D eigenvalue weighted by Gasteiger charge is 2.28. The number of hydrogen-bond donors (Lipinski definition) is 3. The van der Waals surface area contributed by atoms with Gasteiger partial charge in [-0.15, -0.1) is 0 Å². The predicted molar refractivity (Wildman–Crippen MR) is 101 cm³/mol. The van der Waals surface area contributed by atoms with E-state index in [2.05, 4.69) is 41.6 Å². The molecule has 5 heteroatoms. The minimum Gasteiger partial charge on any atom is -0.335 e. The molecule has 0 bridgehead atoms. The van der Waals surface area contributed by atoms with E-state index in [1.807, 2.05) is 45.0 Å². The highest BCUT2D eigenvalue weighted by molar-refractivity contribution is 5.74. The lowest BCUT2D eigenvalue weighted by Crippen LogP contribution is -2.49. The molecular formula is C20H27N3O2. The van der Waals surface area contributed by atoms with Crippen LogP contribution in [0.1, 0.15) is 43.2 Å². The van der Waals surface area contributed by atoms with Gasteiger partial charge in [0.25, 0.3) is 5.56 Å². The highest BCUT2D eigenvalue weighted by atomic mass is 16.2. The fourth-order valence-electron chi connectivity index (χ4n) is 2.82. The number of carbonyl (C=O) groups excluding carboxylic acids is 1. The van der Waals surface area contributed by atoms with E-state index in [4.69, 9.17) is 0 Å². The molecule has 0 aliphatic rings. The van der Waals surface area contributed by atoms with E-state index in [1.165, 1.54) is 0 Å². The summed E-state index contributed by atoms with van der Waals surface area (Å²) in [5.74, 6) is 0. The van der Waals surface area contributed by atoms with Crippen molar-refractivity contribution in [3.05, 3.63) is 69.1 Å². The van der Waals surface area contributed by atoms with E-state index in [9.17, 15) is 9.59 Å². The molecule has 0 fully saturated rings. The Balaban J connectivity index is 2.00. The summed E-state index contributed by atoms with van der Waals surface area (Å²) in [5.41, 5.74) is 3.06. The van der Waals surface area contributed by atoms with Crippen molar-refractivity contribution in [1.82, 2.24) is 15.6 Å². The fourth-order valence-corrected chi connectivity index (χ4v) is 2.82. The van der Waals surface area contributed by atoms with Gasteiger partial charge in [-0.1, -0.05) is 44.2 Å². The molecule has 0 aliphatic heterocycles. The number of amides is 2. The first-order valence-electron chi connectivity index (χ1n) is 8.51. The number of urea groups is 1. The minimum atomic E-state index is -0.282. The van der Waals surface area contributed by atoms with Crippen molar-refractivity contribution >= 4 is 6.03 Å². The number of rotatable bonds is 5. The number of benzene rings is 1. The first kappa shape index (κ1) is 18.8. The van der Waals surface area contributed by atoms with Crippen molar-refractivity contribution in [1.29, 1.82) is 0 Å². The number of aromatic amines is 1. The quantitative estimate of drug-likeness (QED) is 0.781. The topological polar surface area (TPSA) is 74.0 Å². The summed E-state index contributed by atoms with van der Waals surface area (Å²) < 4.78 is 0. The zero-order valence-corrected chi connectivity index (χ0v) is 15.6. The lowest BCUT2D eigenvalue weighted by Gasteiger charge is -2.33. The van der Waals surface area contributed by atoms with Crippen LogP contribution in [-0.2, 0) is 12.0 Å². The van der Waals surface area contributed by atoms with Crippen molar-refractivity contribution in [3.63, 3.8) is 0 Å². The molecule has 1 aromatic heterocycles. The molecule has 0 spiro atoms. The number of hydrogen-bond acceptors (Lipinski definition) is 2. The maximum absolute atomic E-state index is 12.3. The van der Waals surface area contributed by atoms with Crippen LogP contribution < -0.4 is 16.2 Å². The molecular weight excluding hydrogens is 314 g/mol. The van der Waals surface area contributed by atoms with E-state index in [0.717, 1.165) is 16.8 Å². The number of aryl methyl sites for hydroxylation is 2. The van der Waals surface area contributed by atoms with E-state index in [0.29, 0.717) is 5.56 Å². The Morgan fingerprint density at radius 3 is 2.44 bits per heavy atom. The molecule has 5 nitrogen and oxygen atoms in total. The summed E-state index contributed by atoms with van der Waals surface area (Å²) in [5, 5.41) is 5.76. The maximum Gasteiger partial charge on any atom is 0.315 e. The second-order valence-corrected chi connectivity index (χ2v) is 7.08. The van der Waals surface area contributed by atoms with Crippen molar-refractivity contribution in [3.8, 4) is 0 Å². The average Bonchev–Trinajstić information content (AvgIpc) is 2.54. The second-order valence-electron chi connectivity index (χ2n) is 7.08. The number of H-pyrrole nitrogens is 1. The smallest absolute Gasteiger partial charge is 0.315 e. The molecule has 1 aromatic carbocycles. The number of aromatic nitrogens is 1. The summed E-state index contributed by atoms with van der Waals surface area (Å²) in [6, 6.07) is 11.6. The van der Waals surface area contributed by atoms with Gasteiger partial charge in [0, 0.05) is 22.7 Å². The maximum atomic E-state index is 12.3. The van der Waals surface area contributed by atoms with Gasteiger partial charge in [-0.2, -0.15) is 0 Å². The molecule has 0 unspecified atom stereocenters. The van der Waals surface area contributed by atoms with Gasteiger partial charge < -0.3 is 15.6 Å². The van der Waals surface area contributed by atoms with E-state index >= 15 is 0 Å². The fraction of sp³-hybridized carbons (Fsp3) is 0.400. The second kappa shape index (κ2) is 7.55. The van der Waals surface area contributed by atoms with E-state index < -0.39 is 0 Å². The van der Waals surface area contributed by atoms with Gasteiger partial charge in [-0.05, 0) is 38.0 Å². The summed E-state index contributed by atoms with van der Waals surface area (Å²) in [6.07, 6.45) is 0. The molecule has 25 heavy (non-hydrogen) atoms. The summed E-state index contributed by atoms with van der Waals surface area (Å²) in [6.45, 7) is 10.1. The molecule has 0 aliphatic carbocycles. The van der Waals surface area contributed by atoms with Crippen LogP contribution in [0.15, 0.2) is 41.2 Å². The van der Waals surface area contributed by atoms with Crippen LogP contribution >= 0.6 is 0 Å². The summed E-state index contributed by atoms with van der Waals surface area (Å²) >= 11 is 0. The Morgan fingerprint density at radius 2 is 1.84 bits per heavy atom. The number of nitrogens with one attached hydrogen (secondary N) is 3. The first-order chi connectivity index (χ1) is 11.7. The monoisotopic (exact) mass is 341 g/mol. The third-order valence-corrected chi connectivity index (χ3v) is 4.87. The van der Waals surface area contributed by atoms with Gasteiger partial charge in [0.15, 0.2) is 0 Å². The highest BCUT2D eigenvalue weighted by Crippen LogP contribution is 2.26. The van der Waals surface area contributed by atoms with Gasteiger partial charge in [0.2, 0.25) is 0 Å². The molecule has 0 radical (unpaired) electrons. The Bertz CT molecular complexity index is 794. The molecule has 0 saturated heterocycles. The molecule has 134 valence electrons. The molecule has 2 rings (SSSR count). The molecule has 3 N–H and O–H groups in total. The molecule has 2 amide bonds. The molecule has 1 heterocycles. The predicted octanol–water partition coefficient (Wildman–Crippen LogP) is 3.16. The van der Waals surface area contributed by atoms with Gasteiger partial charge in [0.1, 0.15) is 0 Å². The van der Waals surface area contributed by atoms with Gasteiger partial charge in [-0.25, -0.2) is 4.79 Å². The van der Waals surface area contributed by atoms with Gasteiger partial charge >= 0.3 is 6.03 Å². The first-order valence-corrected chi connectivity index (χ1v) is 8.51. The normalized spacial score (nSPS) is 12.5. The van der Waals surface area contributed by atoms with E-state index in [1.54, 1.807) is 0 Å².